The molecule has 0 spiro atoms. The zero-order chi connectivity index (χ0) is 12.0. The largest absolute Gasteiger partial charge is 0.396 e. The standard InChI is InChI=1S/C12H24N2O2/c1-2-11(7-8-15)14-12(16)9-3-5-10(13)6-4-9/h9-11,15H,2-8,13H2,1H3,(H,14,16). The van der Waals surface area contributed by atoms with E-state index in [-0.39, 0.29) is 30.5 Å². The average molecular weight is 228 g/mol. The van der Waals surface area contributed by atoms with Crippen LogP contribution in [0.3, 0.4) is 0 Å². The van der Waals surface area contributed by atoms with Gasteiger partial charge in [-0.15, -0.1) is 0 Å². The minimum absolute atomic E-state index is 0.119. The Bertz CT molecular complexity index is 213. The molecule has 0 aliphatic heterocycles. The second-order valence-corrected chi connectivity index (χ2v) is 4.74. The molecule has 16 heavy (non-hydrogen) atoms. The molecule has 1 aliphatic carbocycles. The Hall–Kier alpha value is -0.610. The molecule has 4 N–H and O–H groups in total. The molecule has 0 saturated heterocycles. The van der Waals surface area contributed by atoms with Gasteiger partial charge < -0.3 is 16.2 Å². The molecule has 4 nitrogen and oxygen atoms in total. The molecule has 1 unspecified atom stereocenters. The third-order valence-electron chi connectivity index (χ3n) is 3.46. The molecule has 0 radical (unpaired) electrons. The predicted octanol–water partition coefficient (Wildman–Crippen LogP) is 0.781. The topological polar surface area (TPSA) is 75.3 Å². The number of carbonyl (C=O) groups is 1. The van der Waals surface area contributed by atoms with Gasteiger partial charge in [0.15, 0.2) is 0 Å². The highest BCUT2D eigenvalue weighted by atomic mass is 16.3. The Kier molecular flexibility index (Phi) is 5.77. The SMILES string of the molecule is CCC(CCO)NC(=O)C1CCC(N)CC1. The first-order chi connectivity index (χ1) is 7.67. The molecule has 0 bridgehead atoms. The summed E-state index contributed by atoms with van der Waals surface area (Å²) in [6.45, 7) is 2.16. The van der Waals surface area contributed by atoms with Crippen molar-refractivity contribution in [1.29, 1.82) is 0 Å². The van der Waals surface area contributed by atoms with E-state index in [4.69, 9.17) is 10.8 Å². The molecule has 1 aliphatic rings. The lowest BCUT2D eigenvalue weighted by Crippen LogP contribution is -2.41. The third kappa shape index (κ3) is 4.10. The van der Waals surface area contributed by atoms with E-state index < -0.39 is 0 Å². The normalized spacial score (nSPS) is 27.4. The second kappa shape index (κ2) is 6.86. The fourth-order valence-electron chi connectivity index (χ4n) is 2.23. The van der Waals surface area contributed by atoms with Gasteiger partial charge in [-0.3, -0.25) is 4.79 Å². The Balaban J connectivity index is 2.33. The van der Waals surface area contributed by atoms with Crippen molar-refractivity contribution in [2.45, 2.75) is 57.5 Å². The van der Waals surface area contributed by atoms with Gasteiger partial charge in [-0.2, -0.15) is 0 Å². The maximum atomic E-state index is 11.9. The molecule has 0 aromatic heterocycles. The van der Waals surface area contributed by atoms with Crippen molar-refractivity contribution in [3.05, 3.63) is 0 Å². The van der Waals surface area contributed by atoms with Crippen LogP contribution in [0.1, 0.15) is 45.4 Å². The number of rotatable bonds is 5. The summed E-state index contributed by atoms with van der Waals surface area (Å²) in [4.78, 5) is 11.9. The van der Waals surface area contributed by atoms with Gasteiger partial charge in [-0.25, -0.2) is 0 Å². The van der Waals surface area contributed by atoms with Gasteiger partial charge in [0.2, 0.25) is 5.91 Å². The van der Waals surface area contributed by atoms with Crippen molar-refractivity contribution < 1.29 is 9.90 Å². The summed E-state index contributed by atoms with van der Waals surface area (Å²) in [5.41, 5.74) is 5.81. The summed E-state index contributed by atoms with van der Waals surface area (Å²) in [5, 5.41) is 11.9. The number of carbonyl (C=O) groups excluding carboxylic acids is 1. The fourth-order valence-corrected chi connectivity index (χ4v) is 2.23. The summed E-state index contributed by atoms with van der Waals surface area (Å²) in [5.74, 6) is 0.278. The molecule has 0 aromatic rings. The van der Waals surface area contributed by atoms with Crippen molar-refractivity contribution in [2.24, 2.45) is 11.7 Å². The van der Waals surface area contributed by atoms with Crippen molar-refractivity contribution in [1.82, 2.24) is 5.32 Å². The minimum atomic E-state index is 0.119. The molecule has 0 aromatic carbocycles. The first kappa shape index (κ1) is 13.5. The maximum Gasteiger partial charge on any atom is 0.223 e. The van der Waals surface area contributed by atoms with Crippen LogP contribution in [0.25, 0.3) is 0 Å². The van der Waals surface area contributed by atoms with E-state index in [1.165, 1.54) is 0 Å². The van der Waals surface area contributed by atoms with Crippen molar-refractivity contribution in [3.8, 4) is 0 Å². The molecule has 1 atom stereocenters. The minimum Gasteiger partial charge on any atom is -0.396 e. The van der Waals surface area contributed by atoms with Crippen LogP contribution in [-0.4, -0.2) is 29.7 Å². The molecule has 1 saturated carbocycles. The summed E-state index contributed by atoms with van der Waals surface area (Å²) in [6.07, 6.45) is 5.24. The molecule has 4 heteroatoms. The summed E-state index contributed by atoms with van der Waals surface area (Å²) < 4.78 is 0. The second-order valence-electron chi connectivity index (χ2n) is 4.74. The highest BCUT2D eigenvalue weighted by Crippen LogP contribution is 2.23. The van der Waals surface area contributed by atoms with Crippen molar-refractivity contribution in [2.75, 3.05) is 6.61 Å². The number of aliphatic hydroxyl groups is 1. The number of amides is 1. The monoisotopic (exact) mass is 228 g/mol. The highest BCUT2D eigenvalue weighted by Gasteiger charge is 2.25. The lowest BCUT2D eigenvalue weighted by molar-refractivity contribution is -0.126. The van der Waals surface area contributed by atoms with Crippen molar-refractivity contribution >= 4 is 5.91 Å². The Morgan fingerprint density at radius 2 is 2.06 bits per heavy atom. The lowest BCUT2D eigenvalue weighted by Gasteiger charge is -2.27. The molecular weight excluding hydrogens is 204 g/mol. The smallest absolute Gasteiger partial charge is 0.223 e. The van der Waals surface area contributed by atoms with Crippen LogP contribution in [0.2, 0.25) is 0 Å². The fraction of sp³-hybridized carbons (Fsp3) is 0.917. The van der Waals surface area contributed by atoms with Gasteiger partial charge in [0.1, 0.15) is 0 Å². The number of nitrogens with two attached hydrogens (primary N) is 1. The van der Waals surface area contributed by atoms with E-state index in [0.29, 0.717) is 6.42 Å². The van der Waals surface area contributed by atoms with Gasteiger partial charge in [0, 0.05) is 24.6 Å². The molecule has 1 amide bonds. The van der Waals surface area contributed by atoms with Crippen LogP contribution >= 0.6 is 0 Å². The Labute approximate surface area is 97.6 Å². The van der Waals surface area contributed by atoms with Crippen LogP contribution in [0.15, 0.2) is 0 Å². The quantitative estimate of drug-likeness (QED) is 0.651. The molecule has 1 rings (SSSR count). The lowest BCUT2D eigenvalue weighted by atomic mass is 9.85. The van der Waals surface area contributed by atoms with Crippen LogP contribution in [0, 0.1) is 5.92 Å². The summed E-state index contributed by atoms with van der Waals surface area (Å²) in [7, 11) is 0. The Morgan fingerprint density at radius 1 is 1.44 bits per heavy atom. The average Bonchev–Trinajstić information content (AvgIpc) is 2.29. The summed E-state index contributed by atoms with van der Waals surface area (Å²) in [6, 6.07) is 0.400. The predicted molar refractivity (Wildman–Crippen MR) is 63.9 cm³/mol. The van der Waals surface area contributed by atoms with E-state index in [2.05, 4.69) is 5.32 Å². The van der Waals surface area contributed by atoms with Crippen LogP contribution in [0.5, 0.6) is 0 Å². The van der Waals surface area contributed by atoms with Gasteiger partial charge in [-0.1, -0.05) is 6.92 Å². The summed E-state index contributed by atoms with van der Waals surface area (Å²) >= 11 is 0. The van der Waals surface area contributed by atoms with Gasteiger partial charge in [-0.05, 0) is 38.5 Å². The zero-order valence-electron chi connectivity index (χ0n) is 10.1. The number of hydrogen-bond acceptors (Lipinski definition) is 3. The maximum absolute atomic E-state index is 11.9. The first-order valence-electron chi connectivity index (χ1n) is 6.34. The van der Waals surface area contributed by atoms with E-state index in [0.717, 1.165) is 32.1 Å². The molecule has 1 fully saturated rings. The van der Waals surface area contributed by atoms with E-state index in [9.17, 15) is 4.79 Å². The number of aliphatic hydroxyl groups excluding tert-OH is 1. The first-order valence-corrected chi connectivity index (χ1v) is 6.34. The zero-order valence-corrected chi connectivity index (χ0v) is 10.1. The van der Waals surface area contributed by atoms with Crippen molar-refractivity contribution in [3.63, 3.8) is 0 Å². The molecule has 0 heterocycles. The van der Waals surface area contributed by atoms with E-state index in [1.54, 1.807) is 0 Å². The van der Waals surface area contributed by atoms with Crippen LogP contribution < -0.4 is 11.1 Å². The third-order valence-corrected chi connectivity index (χ3v) is 3.46. The van der Waals surface area contributed by atoms with Crippen LogP contribution in [-0.2, 0) is 4.79 Å². The highest BCUT2D eigenvalue weighted by molar-refractivity contribution is 5.79. The molecule has 94 valence electrons. The number of nitrogens with one attached hydrogen (secondary N) is 1. The van der Waals surface area contributed by atoms with E-state index >= 15 is 0 Å². The van der Waals surface area contributed by atoms with Gasteiger partial charge in [0.25, 0.3) is 0 Å². The Morgan fingerprint density at radius 3 is 2.56 bits per heavy atom. The van der Waals surface area contributed by atoms with Gasteiger partial charge >= 0.3 is 0 Å². The van der Waals surface area contributed by atoms with Crippen LogP contribution in [0.4, 0.5) is 0 Å². The number of hydrogen-bond donors (Lipinski definition) is 3. The van der Waals surface area contributed by atoms with E-state index in [1.807, 2.05) is 6.92 Å². The van der Waals surface area contributed by atoms with Gasteiger partial charge in [0.05, 0.1) is 0 Å². The molecular formula is C12H24N2O2.